The Morgan fingerprint density at radius 2 is 2.06 bits per heavy atom. The van der Waals surface area contributed by atoms with Crippen molar-refractivity contribution in [3.05, 3.63) is 31.6 Å². The molecule has 0 N–H and O–H groups in total. The van der Waals surface area contributed by atoms with E-state index in [0.29, 0.717) is 5.92 Å². The van der Waals surface area contributed by atoms with Gasteiger partial charge in [0.2, 0.25) is 0 Å². The van der Waals surface area contributed by atoms with E-state index in [2.05, 4.69) is 57.9 Å². The van der Waals surface area contributed by atoms with Crippen LogP contribution in [0.5, 0.6) is 0 Å². The second kappa shape index (κ2) is 5.45. The first kappa shape index (κ1) is 13.0. The van der Waals surface area contributed by atoms with Crippen LogP contribution in [0.1, 0.15) is 26.7 Å². The summed E-state index contributed by atoms with van der Waals surface area (Å²) in [4.78, 5) is 1.56. The lowest BCUT2D eigenvalue weighted by molar-refractivity contribution is 0.466. The molecule has 3 heteroatoms. The average molecular weight is 364 g/mol. The Morgan fingerprint density at radius 3 is 2.69 bits per heavy atom. The molecule has 88 valence electrons. The second-order valence-electron chi connectivity index (χ2n) is 4.21. The third-order valence-electron chi connectivity index (χ3n) is 3.34. The van der Waals surface area contributed by atoms with Crippen LogP contribution in [0.15, 0.2) is 31.6 Å². The van der Waals surface area contributed by atoms with Crippen LogP contribution in [-0.4, -0.2) is 5.75 Å². The fraction of sp³-hybridized carbons (Fsp3) is 0.538. The lowest BCUT2D eigenvalue weighted by atomic mass is 9.81. The van der Waals surface area contributed by atoms with E-state index in [1.54, 1.807) is 4.91 Å². The van der Waals surface area contributed by atoms with Crippen molar-refractivity contribution in [3.8, 4) is 0 Å². The monoisotopic (exact) mass is 362 g/mol. The largest absolute Gasteiger partial charge is 0.130 e. The van der Waals surface area contributed by atoms with E-state index in [0.717, 1.165) is 12.3 Å². The quantitative estimate of drug-likeness (QED) is 0.614. The highest BCUT2D eigenvalue weighted by Crippen LogP contribution is 2.50. The van der Waals surface area contributed by atoms with Crippen molar-refractivity contribution in [3.63, 3.8) is 0 Å². The summed E-state index contributed by atoms with van der Waals surface area (Å²) < 4.78 is 2.63. The third-order valence-corrected chi connectivity index (χ3v) is 6.24. The van der Waals surface area contributed by atoms with Gasteiger partial charge in [0.25, 0.3) is 0 Å². The van der Waals surface area contributed by atoms with Gasteiger partial charge in [-0.2, -0.15) is 0 Å². The highest BCUT2D eigenvalue weighted by Gasteiger charge is 2.34. The smallest absolute Gasteiger partial charge is 0.0222 e. The summed E-state index contributed by atoms with van der Waals surface area (Å²) in [6, 6.07) is 0. The molecule has 2 unspecified atom stereocenters. The summed E-state index contributed by atoms with van der Waals surface area (Å²) in [5.74, 6) is 2.61. The molecule has 2 rings (SSSR count). The van der Waals surface area contributed by atoms with Crippen molar-refractivity contribution in [1.82, 2.24) is 0 Å². The highest BCUT2D eigenvalue weighted by molar-refractivity contribution is 9.12. The van der Waals surface area contributed by atoms with Gasteiger partial charge in [-0.3, -0.25) is 0 Å². The van der Waals surface area contributed by atoms with Gasteiger partial charge < -0.3 is 0 Å². The Labute approximate surface area is 119 Å². The normalized spacial score (nSPS) is 29.8. The van der Waals surface area contributed by atoms with Gasteiger partial charge in [0, 0.05) is 20.6 Å². The second-order valence-corrected chi connectivity index (χ2v) is 7.10. The number of fused-ring (bicyclic) bond motifs is 1. The van der Waals surface area contributed by atoms with Crippen molar-refractivity contribution in [2.45, 2.75) is 26.7 Å². The van der Waals surface area contributed by atoms with Gasteiger partial charge >= 0.3 is 0 Å². The first-order valence-corrected chi connectivity index (χ1v) is 8.35. The topological polar surface area (TPSA) is 0 Å². The van der Waals surface area contributed by atoms with Crippen molar-refractivity contribution in [2.75, 3.05) is 5.75 Å². The van der Waals surface area contributed by atoms with E-state index < -0.39 is 0 Å². The molecule has 0 amide bonds. The van der Waals surface area contributed by atoms with Gasteiger partial charge in [0.15, 0.2) is 0 Å². The summed E-state index contributed by atoms with van der Waals surface area (Å²) in [5.41, 5.74) is 1.53. The number of hydrogen-bond donors (Lipinski definition) is 0. The van der Waals surface area contributed by atoms with Gasteiger partial charge in [-0.25, -0.2) is 0 Å². The zero-order valence-electron chi connectivity index (χ0n) is 9.59. The van der Waals surface area contributed by atoms with Crippen molar-refractivity contribution in [1.29, 1.82) is 0 Å². The molecule has 0 radical (unpaired) electrons. The third kappa shape index (κ3) is 2.23. The van der Waals surface area contributed by atoms with Crippen molar-refractivity contribution in [2.24, 2.45) is 11.8 Å². The Balaban J connectivity index is 2.47. The first-order valence-electron chi connectivity index (χ1n) is 5.78. The molecule has 0 saturated carbocycles. The predicted molar refractivity (Wildman–Crippen MR) is 81.1 cm³/mol. The Morgan fingerprint density at radius 1 is 1.31 bits per heavy atom. The number of rotatable bonds is 2. The maximum Gasteiger partial charge on any atom is 0.0222 e. The van der Waals surface area contributed by atoms with E-state index >= 15 is 0 Å². The van der Waals surface area contributed by atoms with E-state index in [1.807, 2.05) is 11.8 Å². The summed E-state index contributed by atoms with van der Waals surface area (Å²) in [6.07, 6.45) is 6.77. The molecule has 0 spiro atoms. The number of halogens is 2. The molecule has 1 aliphatic heterocycles. The van der Waals surface area contributed by atoms with Gasteiger partial charge in [-0.15, -0.1) is 11.8 Å². The summed E-state index contributed by atoms with van der Waals surface area (Å²) in [5, 5.41) is 0. The average Bonchev–Trinajstić information content (AvgIpc) is 2.32. The summed E-state index contributed by atoms with van der Waals surface area (Å²) in [6.45, 7) is 4.55. The van der Waals surface area contributed by atoms with Crippen LogP contribution >= 0.6 is 43.6 Å². The number of allylic oxidation sites excluding steroid dienone is 6. The zero-order chi connectivity index (χ0) is 11.7. The standard InChI is InChI=1S/C13H16Br2S/c1-3-8-7-16-11(4-2)13-10(15)6-5-9(14)12(8)13/h5-6,8,12H,3-4,7H2,1-2H3. The fourth-order valence-corrected chi connectivity index (χ4v) is 5.35. The Hall–Kier alpha value is 0.530. The SMILES string of the molecule is CCC1=C2C(Br)=CC=C(Br)C2C(CC)CS1. The van der Waals surface area contributed by atoms with Crippen LogP contribution in [0.25, 0.3) is 0 Å². The van der Waals surface area contributed by atoms with Gasteiger partial charge in [0.1, 0.15) is 0 Å². The highest BCUT2D eigenvalue weighted by atomic mass is 79.9. The zero-order valence-corrected chi connectivity index (χ0v) is 13.6. The molecule has 2 aliphatic rings. The minimum Gasteiger partial charge on any atom is -0.130 e. The van der Waals surface area contributed by atoms with Crippen LogP contribution in [0, 0.1) is 11.8 Å². The lowest BCUT2D eigenvalue weighted by Gasteiger charge is -2.36. The molecule has 0 aromatic carbocycles. The molecule has 1 heterocycles. The van der Waals surface area contributed by atoms with Crippen LogP contribution in [0.4, 0.5) is 0 Å². The molecule has 16 heavy (non-hydrogen) atoms. The molecule has 1 aliphatic carbocycles. The Bertz CT molecular complexity index is 379. The molecular weight excluding hydrogens is 348 g/mol. The summed E-state index contributed by atoms with van der Waals surface area (Å²) in [7, 11) is 0. The van der Waals surface area contributed by atoms with E-state index in [4.69, 9.17) is 0 Å². The fourth-order valence-electron chi connectivity index (χ4n) is 2.43. The number of hydrogen-bond acceptors (Lipinski definition) is 1. The minimum absolute atomic E-state index is 0.584. The molecule has 2 atom stereocenters. The van der Waals surface area contributed by atoms with Crippen LogP contribution in [-0.2, 0) is 0 Å². The van der Waals surface area contributed by atoms with Crippen molar-refractivity contribution >= 4 is 43.6 Å². The van der Waals surface area contributed by atoms with Crippen molar-refractivity contribution < 1.29 is 0 Å². The molecule has 0 bridgehead atoms. The van der Waals surface area contributed by atoms with Crippen LogP contribution in [0.2, 0.25) is 0 Å². The molecule has 0 aromatic rings. The molecule has 0 saturated heterocycles. The summed E-state index contributed by atoms with van der Waals surface area (Å²) >= 11 is 9.52. The molecular formula is C13H16Br2S. The molecule has 0 nitrogen and oxygen atoms in total. The van der Waals surface area contributed by atoms with Crippen LogP contribution in [0.3, 0.4) is 0 Å². The van der Waals surface area contributed by atoms with E-state index in [9.17, 15) is 0 Å². The van der Waals surface area contributed by atoms with E-state index in [1.165, 1.54) is 26.7 Å². The molecule has 0 fully saturated rings. The number of thioether (sulfide) groups is 1. The maximum absolute atomic E-state index is 3.75. The first-order chi connectivity index (χ1) is 7.69. The predicted octanol–water partition coefficient (Wildman–Crippen LogP) is 5.61. The van der Waals surface area contributed by atoms with Gasteiger partial charge in [-0.05, 0) is 28.9 Å². The molecule has 0 aromatic heterocycles. The van der Waals surface area contributed by atoms with Gasteiger partial charge in [-0.1, -0.05) is 58.2 Å². The van der Waals surface area contributed by atoms with Crippen LogP contribution < -0.4 is 0 Å². The van der Waals surface area contributed by atoms with Gasteiger partial charge in [0.05, 0.1) is 0 Å². The lowest BCUT2D eigenvalue weighted by Crippen LogP contribution is -2.25. The Kier molecular flexibility index (Phi) is 4.42. The van der Waals surface area contributed by atoms with E-state index in [-0.39, 0.29) is 0 Å². The maximum atomic E-state index is 3.75. The minimum atomic E-state index is 0.584.